The third kappa shape index (κ3) is 3.52. The second-order valence-electron chi connectivity index (χ2n) is 11.1. The second kappa shape index (κ2) is 8.91. The van der Waals surface area contributed by atoms with Crippen molar-refractivity contribution in [3.63, 3.8) is 0 Å². The smallest absolute Gasteiger partial charge is 0.308 e. The molecule has 6 rings (SSSR count). The van der Waals surface area contributed by atoms with E-state index in [0.717, 1.165) is 23.2 Å². The van der Waals surface area contributed by atoms with Crippen molar-refractivity contribution in [2.45, 2.75) is 67.6 Å². The average molecular weight is 539 g/mol. The molecule has 9 heteroatoms. The molecule has 1 saturated heterocycles. The minimum Gasteiger partial charge on any atom is -0.483 e. The Kier molecular flexibility index (Phi) is 5.99. The lowest BCUT2D eigenvalue weighted by atomic mass is 9.48. The minimum atomic E-state index is -3.68. The number of nitrogens with zero attached hydrogens (tertiary/aromatic N) is 2. The molecule has 38 heavy (non-hydrogen) atoms. The molecule has 1 saturated carbocycles. The van der Waals surface area contributed by atoms with E-state index in [1.165, 1.54) is 11.2 Å². The SMILES string of the molecule is C=CCN1CC[C@]23c4c5ccc(OC(C)=O)c4O[C@H]2[C@@H](N(C)S(=O)(=O)Cc2ccccc2)CC[C@@]3(O)[C@H]1C5. The van der Waals surface area contributed by atoms with E-state index < -0.39 is 39.2 Å². The molecule has 2 heterocycles. The van der Waals surface area contributed by atoms with E-state index in [1.807, 2.05) is 42.5 Å². The number of hydrogen-bond donors (Lipinski definition) is 1. The van der Waals surface area contributed by atoms with Gasteiger partial charge in [0.2, 0.25) is 10.0 Å². The highest BCUT2D eigenvalue weighted by Gasteiger charge is 2.73. The van der Waals surface area contributed by atoms with Gasteiger partial charge in [-0.25, -0.2) is 8.42 Å². The van der Waals surface area contributed by atoms with Crippen LogP contribution in [-0.4, -0.2) is 72.6 Å². The number of likely N-dealkylation sites (N-methyl/N-ethyl adjacent to an activating group) is 1. The van der Waals surface area contributed by atoms with Gasteiger partial charge in [-0.15, -0.1) is 6.58 Å². The summed E-state index contributed by atoms with van der Waals surface area (Å²) in [7, 11) is -2.06. The van der Waals surface area contributed by atoms with E-state index in [2.05, 4.69) is 11.5 Å². The summed E-state index contributed by atoms with van der Waals surface area (Å²) in [6.45, 7) is 6.66. The quantitative estimate of drug-likeness (QED) is 0.329. The Balaban J connectivity index is 1.46. The van der Waals surface area contributed by atoms with Gasteiger partial charge in [-0.2, -0.15) is 4.31 Å². The highest BCUT2D eigenvalue weighted by molar-refractivity contribution is 7.88. The number of rotatable bonds is 7. The van der Waals surface area contributed by atoms with E-state index in [-0.39, 0.29) is 11.8 Å². The molecule has 2 aromatic rings. The van der Waals surface area contributed by atoms with Gasteiger partial charge in [0.25, 0.3) is 0 Å². The number of likely N-dealkylation sites (tertiary alicyclic amines) is 1. The molecular formula is C29H34N2O6S. The summed E-state index contributed by atoms with van der Waals surface area (Å²) in [5.74, 6) is 0.221. The van der Waals surface area contributed by atoms with E-state index in [1.54, 1.807) is 13.1 Å². The van der Waals surface area contributed by atoms with Crippen LogP contribution >= 0.6 is 0 Å². The summed E-state index contributed by atoms with van der Waals surface area (Å²) in [4.78, 5) is 14.2. The van der Waals surface area contributed by atoms with Crippen molar-refractivity contribution in [2.75, 3.05) is 20.1 Å². The van der Waals surface area contributed by atoms with Crippen molar-refractivity contribution in [3.8, 4) is 11.5 Å². The first-order chi connectivity index (χ1) is 18.1. The Labute approximate surface area is 223 Å². The lowest BCUT2D eigenvalue weighted by Gasteiger charge is -2.64. The molecule has 1 spiro atoms. The van der Waals surface area contributed by atoms with Crippen LogP contribution in [0.25, 0.3) is 0 Å². The largest absolute Gasteiger partial charge is 0.483 e. The highest BCUT2D eigenvalue weighted by Crippen LogP contribution is 2.66. The number of hydrogen-bond acceptors (Lipinski definition) is 7. The van der Waals surface area contributed by atoms with Gasteiger partial charge in [0.15, 0.2) is 11.5 Å². The predicted molar refractivity (Wildman–Crippen MR) is 143 cm³/mol. The zero-order valence-corrected chi connectivity index (χ0v) is 22.6. The maximum atomic E-state index is 13.6. The predicted octanol–water partition coefficient (Wildman–Crippen LogP) is 2.78. The van der Waals surface area contributed by atoms with Crippen molar-refractivity contribution >= 4 is 16.0 Å². The van der Waals surface area contributed by atoms with Crippen LogP contribution in [0, 0.1) is 0 Å². The molecule has 0 aromatic heterocycles. The van der Waals surface area contributed by atoms with Crippen LogP contribution < -0.4 is 9.47 Å². The fourth-order valence-electron chi connectivity index (χ4n) is 7.68. The number of benzene rings is 2. The fraction of sp³-hybridized carbons (Fsp3) is 0.483. The van der Waals surface area contributed by atoms with Crippen molar-refractivity contribution in [1.82, 2.24) is 9.21 Å². The lowest BCUT2D eigenvalue weighted by molar-refractivity contribution is -0.193. The van der Waals surface area contributed by atoms with Gasteiger partial charge in [-0.3, -0.25) is 9.69 Å². The van der Waals surface area contributed by atoms with Gasteiger partial charge in [-0.05, 0) is 49.4 Å². The average Bonchev–Trinajstić information content (AvgIpc) is 3.22. The maximum Gasteiger partial charge on any atom is 0.308 e. The standard InChI is InChI=1S/C29H34N2O6S/c1-4-15-31-16-14-28-25-21-10-11-23(36-19(2)32)26(25)37-27(28)22(12-13-29(28,33)24(31)17-21)30(3)38(34,35)18-20-8-6-5-7-9-20/h4-11,22,24,27,33H,1,12-18H2,2-3H3/t22-,24+,27-,28-,29+/m0/s1. The highest BCUT2D eigenvalue weighted by atomic mass is 32.2. The Morgan fingerprint density at radius 3 is 2.74 bits per heavy atom. The number of esters is 1. The Morgan fingerprint density at radius 2 is 2.03 bits per heavy atom. The van der Waals surface area contributed by atoms with Crippen molar-refractivity contribution in [1.29, 1.82) is 0 Å². The van der Waals surface area contributed by atoms with Crippen LogP contribution in [0.3, 0.4) is 0 Å². The number of ether oxygens (including phenoxy) is 2. The molecule has 2 aliphatic heterocycles. The molecule has 2 fully saturated rings. The van der Waals surface area contributed by atoms with E-state index in [0.29, 0.717) is 43.7 Å². The lowest BCUT2D eigenvalue weighted by Crippen LogP contribution is -2.78. The second-order valence-corrected chi connectivity index (χ2v) is 13.1. The molecule has 2 aliphatic carbocycles. The van der Waals surface area contributed by atoms with E-state index in [4.69, 9.17) is 9.47 Å². The molecule has 0 amide bonds. The molecule has 2 bridgehead atoms. The van der Waals surface area contributed by atoms with E-state index >= 15 is 0 Å². The minimum absolute atomic E-state index is 0.114. The van der Waals surface area contributed by atoms with Crippen molar-refractivity contribution in [2.24, 2.45) is 0 Å². The van der Waals surface area contributed by atoms with Crippen LogP contribution in [0.5, 0.6) is 11.5 Å². The Bertz CT molecular complexity index is 1400. The van der Waals surface area contributed by atoms with Crippen LogP contribution in [0.2, 0.25) is 0 Å². The number of piperidine rings is 1. The summed E-state index contributed by atoms with van der Waals surface area (Å²) in [6.07, 6.45) is 3.39. The molecule has 8 nitrogen and oxygen atoms in total. The van der Waals surface area contributed by atoms with Crippen LogP contribution in [-0.2, 0) is 32.4 Å². The first-order valence-electron chi connectivity index (χ1n) is 13.2. The summed E-state index contributed by atoms with van der Waals surface area (Å²) < 4.78 is 41.0. The summed E-state index contributed by atoms with van der Waals surface area (Å²) >= 11 is 0. The third-order valence-electron chi connectivity index (χ3n) is 9.24. The Morgan fingerprint density at radius 1 is 1.26 bits per heavy atom. The molecule has 5 atom stereocenters. The first kappa shape index (κ1) is 25.6. The normalized spacial score (nSPS) is 31.4. The van der Waals surface area contributed by atoms with Crippen LogP contribution in [0.1, 0.15) is 42.9 Å². The van der Waals surface area contributed by atoms with Crippen LogP contribution in [0.4, 0.5) is 0 Å². The van der Waals surface area contributed by atoms with Gasteiger partial charge in [0, 0.05) is 32.1 Å². The van der Waals surface area contributed by atoms with Crippen LogP contribution in [0.15, 0.2) is 55.1 Å². The summed E-state index contributed by atoms with van der Waals surface area (Å²) in [6, 6.07) is 12.2. The summed E-state index contributed by atoms with van der Waals surface area (Å²) in [5, 5.41) is 12.6. The van der Waals surface area contributed by atoms with E-state index in [9.17, 15) is 18.3 Å². The molecule has 0 unspecified atom stereocenters. The zero-order chi connectivity index (χ0) is 26.9. The van der Waals surface area contributed by atoms with Gasteiger partial charge in [-0.1, -0.05) is 42.5 Å². The number of sulfonamides is 1. The fourth-order valence-corrected chi connectivity index (χ4v) is 9.13. The molecular weight excluding hydrogens is 504 g/mol. The number of carbonyl (C=O) groups is 1. The first-order valence-corrected chi connectivity index (χ1v) is 14.8. The van der Waals surface area contributed by atoms with Crippen molar-refractivity contribution < 1.29 is 27.8 Å². The number of carbonyl (C=O) groups excluding carboxylic acids is 1. The number of aliphatic hydroxyl groups is 1. The molecule has 4 aliphatic rings. The van der Waals surface area contributed by atoms with Crippen molar-refractivity contribution in [3.05, 3.63) is 71.8 Å². The molecule has 1 N–H and O–H groups in total. The molecule has 202 valence electrons. The van der Waals surface area contributed by atoms with Gasteiger partial charge >= 0.3 is 5.97 Å². The molecule has 2 aromatic carbocycles. The monoisotopic (exact) mass is 538 g/mol. The van der Waals surface area contributed by atoms with Gasteiger partial charge in [0.05, 0.1) is 22.8 Å². The summed E-state index contributed by atoms with van der Waals surface area (Å²) in [5.41, 5.74) is 0.727. The topological polar surface area (TPSA) is 96.4 Å². The molecule has 0 radical (unpaired) electrons. The zero-order valence-electron chi connectivity index (χ0n) is 21.8. The van der Waals surface area contributed by atoms with Gasteiger partial charge in [0.1, 0.15) is 6.10 Å². The Hall–Kier alpha value is -2.72. The van der Waals surface area contributed by atoms with Gasteiger partial charge < -0.3 is 14.6 Å². The third-order valence-corrected chi connectivity index (χ3v) is 11.1. The maximum absolute atomic E-state index is 13.6.